The minimum atomic E-state index is -1.91. The number of hydrogen-bond acceptors (Lipinski definition) is 11. The Labute approximate surface area is 469 Å². The predicted molar refractivity (Wildman–Crippen MR) is 312 cm³/mol. The summed E-state index contributed by atoms with van der Waals surface area (Å²) in [6.45, 7) is 5.89. The Morgan fingerprint density at radius 2 is 0.818 bits per heavy atom. The van der Waals surface area contributed by atoms with E-state index >= 15 is 0 Å². The molecule has 0 aromatic carbocycles. The summed E-state index contributed by atoms with van der Waals surface area (Å²) in [6, 6.07) is 0. The van der Waals surface area contributed by atoms with E-state index in [-0.39, 0.29) is 25.9 Å². The highest BCUT2D eigenvalue weighted by molar-refractivity contribution is 5.74. The first-order chi connectivity index (χ1) is 37.6. The van der Waals surface area contributed by atoms with Crippen molar-refractivity contribution in [1.82, 2.24) is 0 Å². The maximum Gasteiger partial charge on any atom is 0.335 e. The minimum absolute atomic E-state index is 0.0465. The molecule has 1 rings (SSSR count). The van der Waals surface area contributed by atoms with Gasteiger partial charge in [0.05, 0.1) is 6.61 Å². The summed E-state index contributed by atoms with van der Waals surface area (Å²) in [7, 11) is 0. The number of aliphatic hydroxyl groups is 2. The molecule has 6 unspecified atom stereocenters. The van der Waals surface area contributed by atoms with Crippen molar-refractivity contribution < 1.29 is 58.2 Å². The smallest absolute Gasteiger partial charge is 0.335 e. The Balaban J connectivity index is 2.59. The average molecular weight is 1090 g/mol. The molecule has 1 fully saturated rings. The Kier molecular flexibility index (Phi) is 49.7. The van der Waals surface area contributed by atoms with Crippen LogP contribution in [0.25, 0.3) is 0 Å². The van der Waals surface area contributed by atoms with E-state index in [9.17, 15) is 34.5 Å². The summed E-state index contributed by atoms with van der Waals surface area (Å²) in [6.07, 6.45) is 52.3. The fourth-order valence-corrected chi connectivity index (χ4v) is 9.60. The molecule has 446 valence electrons. The molecule has 1 aliphatic heterocycles. The van der Waals surface area contributed by atoms with Crippen LogP contribution in [0, 0.1) is 0 Å². The number of hydrogen-bond donors (Lipinski definition) is 3. The van der Waals surface area contributed by atoms with E-state index in [1.165, 1.54) is 128 Å². The molecule has 0 bridgehead atoms. The van der Waals surface area contributed by atoms with E-state index in [4.69, 9.17) is 23.7 Å². The second-order valence-electron chi connectivity index (χ2n) is 21.7. The molecule has 12 nitrogen and oxygen atoms in total. The van der Waals surface area contributed by atoms with Gasteiger partial charge < -0.3 is 39.0 Å². The molecule has 3 N–H and O–H groups in total. The minimum Gasteiger partial charge on any atom is -0.479 e. The van der Waals surface area contributed by atoms with Crippen LogP contribution in [0.4, 0.5) is 0 Å². The maximum atomic E-state index is 13.1. The number of carbonyl (C=O) groups is 4. The summed E-state index contributed by atoms with van der Waals surface area (Å²) in [5.41, 5.74) is 0. The average Bonchev–Trinajstić information content (AvgIpc) is 3.42. The number of aliphatic carboxylic acids is 1. The zero-order valence-electron chi connectivity index (χ0n) is 49.2. The molecule has 0 aromatic rings. The van der Waals surface area contributed by atoms with Gasteiger partial charge in [0.25, 0.3) is 0 Å². The van der Waals surface area contributed by atoms with Crippen LogP contribution in [0.15, 0.2) is 48.6 Å². The second kappa shape index (κ2) is 53.3. The van der Waals surface area contributed by atoms with Crippen LogP contribution < -0.4 is 0 Å². The van der Waals surface area contributed by atoms with Gasteiger partial charge in [-0.3, -0.25) is 14.4 Å². The van der Waals surface area contributed by atoms with Crippen molar-refractivity contribution in [2.75, 3.05) is 13.2 Å². The van der Waals surface area contributed by atoms with E-state index in [1.54, 1.807) is 0 Å². The number of allylic oxidation sites excluding steroid dienone is 8. The van der Waals surface area contributed by atoms with Gasteiger partial charge >= 0.3 is 23.9 Å². The molecule has 0 spiro atoms. The van der Waals surface area contributed by atoms with Crippen molar-refractivity contribution in [3.8, 4) is 0 Å². The fourth-order valence-electron chi connectivity index (χ4n) is 9.60. The van der Waals surface area contributed by atoms with Crippen molar-refractivity contribution in [3.63, 3.8) is 0 Å². The molecule has 77 heavy (non-hydrogen) atoms. The van der Waals surface area contributed by atoms with Gasteiger partial charge in [-0.15, -0.1) is 0 Å². The van der Waals surface area contributed by atoms with Gasteiger partial charge in [-0.05, 0) is 57.8 Å². The van der Waals surface area contributed by atoms with Gasteiger partial charge in [-0.2, -0.15) is 0 Å². The molecule has 0 radical (unpaired) electrons. The third-order valence-electron chi connectivity index (χ3n) is 14.4. The van der Waals surface area contributed by atoms with Crippen molar-refractivity contribution in [2.24, 2.45) is 0 Å². The number of unbranched alkanes of at least 4 members (excludes halogenated alkanes) is 32. The number of aliphatic hydroxyl groups excluding tert-OH is 2. The zero-order valence-corrected chi connectivity index (χ0v) is 49.2. The Morgan fingerprint density at radius 3 is 1.25 bits per heavy atom. The number of esters is 3. The van der Waals surface area contributed by atoms with E-state index in [0.29, 0.717) is 19.3 Å². The highest BCUT2D eigenvalue weighted by Crippen LogP contribution is 2.27. The summed E-state index contributed by atoms with van der Waals surface area (Å²) >= 11 is 0. The number of carboxylic acids is 1. The highest BCUT2D eigenvalue weighted by Gasteiger charge is 2.50. The molecule has 1 saturated heterocycles. The van der Waals surface area contributed by atoms with Crippen LogP contribution in [-0.2, 0) is 42.9 Å². The fraction of sp³-hybridized carbons (Fsp3) is 0.815. The van der Waals surface area contributed by atoms with Crippen LogP contribution in [-0.4, -0.2) is 89.2 Å². The van der Waals surface area contributed by atoms with Gasteiger partial charge in [0.1, 0.15) is 18.8 Å². The first-order valence-electron chi connectivity index (χ1n) is 31.6. The van der Waals surface area contributed by atoms with Crippen LogP contribution in [0.1, 0.15) is 290 Å². The lowest BCUT2D eigenvalue weighted by atomic mass is 9.98. The van der Waals surface area contributed by atoms with Gasteiger partial charge in [-0.1, -0.05) is 262 Å². The van der Waals surface area contributed by atoms with Gasteiger partial charge in [-0.25, -0.2) is 4.79 Å². The van der Waals surface area contributed by atoms with Crippen molar-refractivity contribution in [3.05, 3.63) is 48.6 Å². The van der Waals surface area contributed by atoms with E-state index in [2.05, 4.69) is 69.4 Å². The first kappa shape index (κ1) is 71.7. The third kappa shape index (κ3) is 43.2. The summed E-state index contributed by atoms with van der Waals surface area (Å²) in [5.74, 6) is -3.11. The number of ether oxygens (including phenoxy) is 5. The summed E-state index contributed by atoms with van der Waals surface area (Å²) < 4.78 is 28.4. The molecule has 0 amide bonds. The standard InChI is InChI=1S/C65H114O12/c1-4-7-10-13-16-19-21-23-25-27-29-31-33-35-37-40-42-45-48-51-57(66)73-54-56(75-58(67)52-49-46-43-39-18-15-12-9-6-3)55-74-65-63(61(70)60(69)62(77-65)64(71)72)76-59(68)53-50-47-44-41-38-36-34-32-30-28-26-24-22-20-17-14-11-8-5-2/h8,11,17,20,24,26,30,32,56,60-63,65,69-70H,4-7,9-10,12-16,18-19,21-23,25,27-29,31,33-55H2,1-3H3,(H,71,72)/b11-8-,20-17-,26-24-,32-30-. The third-order valence-corrected chi connectivity index (χ3v) is 14.4. The van der Waals surface area contributed by atoms with Crippen molar-refractivity contribution >= 4 is 23.9 Å². The lowest BCUT2D eigenvalue weighted by Gasteiger charge is -2.40. The van der Waals surface area contributed by atoms with Crippen molar-refractivity contribution in [1.29, 1.82) is 0 Å². The quantitative estimate of drug-likeness (QED) is 0.0228. The van der Waals surface area contributed by atoms with Crippen LogP contribution in [0.2, 0.25) is 0 Å². The summed E-state index contributed by atoms with van der Waals surface area (Å²) in [5, 5.41) is 31.5. The normalized spacial score (nSPS) is 18.3. The SMILES string of the molecule is CC/C=C\C/C=C\C/C=C\C/C=C\CCCCCCCCC(=O)OC1C(OCC(COC(=O)CCCCCCCCCCCCCCCCCCCCC)OC(=O)CCCCCCCCCCC)OC(C(=O)O)C(O)C1O. The molecule has 0 aromatic heterocycles. The maximum absolute atomic E-state index is 13.1. The van der Waals surface area contributed by atoms with Gasteiger partial charge in [0.15, 0.2) is 24.6 Å². The zero-order chi connectivity index (χ0) is 56.1. The Morgan fingerprint density at radius 1 is 0.442 bits per heavy atom. The monoisotopic (exact) mass is 1090 g/mol. The van der Waals surface area contributed by atoms with E-state index in [1.807, 2.05) is 0 Å². The number of carboxylic acid groups (broad SMARTS) is 1. The van der Waals surface area contributed by atoms with Crippen molar-refractivity contribution in [2.45, 2.75) is 327 Å². The lowest BCUT2D eigenvalue weighted by Crippen LogP contribution is -2.61. The molecule has 1 heterocycles. The Bertz CT molecular complexity index is 1520. The molecule has 0 aliphatic carbocycles. The van der Waals surface area contributed by atoms with Crippen LogP contribution in [0.5, 0.6) is 0 Å². The van der Waals surface area contributed by atoms with E-state index < -0.39 is 67.3 Å². The largest absolute Gasteiger partial charge is 0.479 e. The highest BCUT2D eigenvalue weighted by atomic mass is 16.7. The first-order valence-corrected chi connectivity index (χ1v) is 31.6. The lowest BCUT2D eigenvalue weighted by molar-refractivity contribution is -0.301. The summed E-state index contributed by atoms with van der Waals surface area (Å²) in [4.78, 5) is 51.1. The molecule has 12 heteroatoms. The van der Waals surface area contributed by atoms with E-state index in [0.717, 1.165) is 103 Å². The van der Waals surface area contributed by atoms with Gasteiger partial charge in [0.2, 0.25) is 0 Å². The Hall–Kier alpha value is -3.32. The topological polar surface area (TPSA) is 175 Å². The second-order valence-corrected chi connectivity index (χ2v) is 21.7. The predicted octanol–water partition coefficient (Wildman–Crippen LogP) is 16.6. The van der Waals surface area contributed by atoms with Crippen LogP contribution >= 0.6 is 0 Å². The molecular formula is C65H114O12. The number of rotatable bonds is 54. The molecular weight excluding hydrogens is 973 g/mol. The molecule has 0 saturated carbocycles. The van der Waals surface area contributed by atoms with Crippen LogP contribution in [0.3, 0.4) is 0 Å². The number of carbonyl (C=O) groups excluding carboxylic acids is 3. The van der Waals surface area contributed by atoms with Gasteiger partial charge in [0, 0.05) is 19.3 Å². The molecule has 6 atom stereocenters. The molecule has 1 aliphatic rings.